The average molecular weight is 156 g/mol. The number of nitrogens with one attached hydrogen (secondary N) is 2. The van der Waals surface area contributed by atoms with Crippen LogP contribution in [-0.4, -0.2) is 10.7 Å². The quantitative estimate of drug-likeness (QED) is 0.514. The van der Waals surface area contributed by atoms with Crippen LogP contribution >= 0.6 is 12.2 Å². The third-order valence-corrected chi connectivity index (χ3v) is 1.53. The number of thiocarbonyl (C=S) groups is 1. The van der Waals surface area contributed by atoms with Gasteiger partial charge in [-0.1, -0.05) is 0 Å². The molecular weight excluding hydrogens is 144 g/mol. The summed E-state index contributed by atoms with van der Waals surface area (Å²) < 4.78 is 0. The van der Waals surface area contributed by atoms with Gasteiger partial charge in [-0.3, -0.25) is 0 Å². The molecule has 0 amide bonds. The molecule has 2 nitrogen and oxygen atoms in total. The molecule has 0 radical (unpaired) electrons. The van der Waals surface area contributed by atoms with Gasteiger partial charge in [0.1, 0.15) is 0 Å². The van der Waals surface area contributed by atoms with Crippen molar-refractivity contribution < 1.29 is 0 Å². The zero-order chi connectivity index (χ0) is 7.78. The van der Waals surface area contributed by atoms with E-state index in [0.717, 1.165) is 5.70 Å². The maximum absolute atomic E-state index is 4.97. The van der Waals surface area contributed by atoms with Gasteiger partial charge in [-0.15, -0.1) is 0 Å². The molecule has 1 rings (SSSR count). The van der Waals surface area contributed by atoms with Crippen LogP contribution in [0.25, 0.3) is 0 Å². The minimum atomic E-state index is 0.00637. The zero-order valence-corrected chi connectivity index (χ0v) is 7.30. The molecule has 56 valence electrons. The summed E-state index contributed by atoms with van der Waals surface area (Å²) in [7, 11) is 0. The van der Waals surface area contributed by atoms with Crippen molar-refractivity contribution >= 4 is 17.3 Å². The monoisotopic (exact) mass is 156 g/mol. The SMILES string of the molecule is CC1=CC(C)(C)NC(=S)N1. The lowest BCUT2D eigenvalue weighted by molar-refractivity contribution is 0.551. The molecule has 1 aliphatic rings. The van der Waals surface area contributed by atoms with Crippen molar-refractivity contribution in [3.8, 4) is 0 Å². The topological polar surface area (TPSA) is 24.1 Å². The van der Waals surface area contributed by atoms with Gasteiger partial charge >= 0.3 is 0 Å². The Labute approximate surface area is 66.7 Å². The Kier molecular flexibility index (Phi) is 1.68. The molecule has 10 heavy (non-hydrogen) atoms. The molecule has 0 bridgehead atoms. The van der Waals surface area contributed by atoms with Crippen LogP contribution in [0.1, 0.15) is 20.8 Å². The van der Waals surface area contributed by atoms with Gasteiger partial charge in [-0.2, -0.15) is 0 Å². The normalized spacial score (nSPS) is 22.7. The van der Waals surface area contributed by atoms with Crippen molar-refractivity contribution in [3.63, 3.8) is 0 Å². The number of allylic oxidation sites excluding steroid dienone is 1. The van der Waals surface area contributed by atoms with E-state index >= 15 is 0 Å². The highest BCUT2D eigenvalue weighted by molar-refractivity contribution is 7.80. The molecule has 0 saturated heterocycles. The third-order valence-electron chi connectivity index (χ3n) is 1.32. The Morgan fingerprint density at radius 1 is 1.50 bits per heavy atom. The fourth-order valence-electron chi connectivity index (χ4n) is 1.12. The molecule has 0 aromatic rings. The van der Waals surface area contributed by atoms with E-state index in [-0.39, 0.29) is 5.54 Å². The predicted octanol–water partition coefficient (Wildman–Crippen LogP) is 1.15. The van der Waals surface area contributed by atoms with Gasteiger partial charge in [0.25, 0.3) is 0 Å². The molecule has 1 heterocycles. The fraction of sp³-hybridized carbons (Fsp3) is 0.571. The van der Waals surface area contributed by atoms with E-state index in [1.165, 1.54) is 0 Å². The van der Waals surface area contributed by atoms with Gasteiger partial charge in [0.15, 0.2) is 5.11 Å². The Hall–Kier alpha value is -0.570. The molecule has 0 aromatic heterocycles. The van der Waals surface area contributed by atoms with Crippen LogP contribution < -0.4 is 10.6 Å². The highest BCUT2D eigenvalue weighted by Gasteiger charge is 2.19. The van der Waals surface area contributed by atoms with Crippen LogP contribution in [0.4, 0.5) is 0 Å². The molecule has 0 fully saturated rings. The highest BCUT2D eigenvalue weighted by Crippen LogP contribution is 2.10. The second-order valence-electron chi connectivity index (χ2n) is 3.13. The first-order chi connectivity index (χ1) is 4.49. The Morgan fingerprint density at radius 2 is 2.10 bits per heavy atom. The van der Waals surface area contributed by atoms with Crippen molar-refractivity contribution in [2.45, 2.75) is 26.3 Å². The van der Waals surface area contributed by atoms with E-state index in [0.29, 0.717) is 5.11 Å². The number of hydrogen-bond acceptors (Lipinski definition) is 1. The second-order valence-corrected chi connectivity index (χ2v) is 3.54. The van der Waals surface area contributed by atoms with Crippen LogP contribution in [0.15, 0.2) is 11.8 Å². The number of rotatable bonds is 0. The largest absolute Gasteiger partial charge is 0.354 e. The predicted molar refractivity (Wildman–Crippen MR) is 46.7 cm³/mol. The van der Waals surface area contributed by atoms with E-state index in [1.54, 1.807) is 0 Å². The van der Waals surface area contributed by atoms with Crippen molar-refractivity contribution in [2.75, 3.05) is 0 Å². The van der Waals surface area contributed by atoms with Crippen LogP contribution in [0.3, 0.4) is 0 Å². The van der Waals surface area contributed by atoms with Crippen LogP contribution in [0.5, 0.6) is 0 Å². The summed E-state index contributed by atoms with van der Waals surface area (Å²) in [4.78, 5) is 0. The van der Waals surface area contributed by atoms with Gasteiger partial charge < -0.3 is 10.6 Å². The molecular formula is C7H12N2S. The summed E-state index contributed by atoms with van der Waals surface area (Å²) in [5.41, 5.74) is 1.13. The molecule has 0 aliphatic carbocycles. The summed E-state index contributed by atoms with van der Waals surface area (Å²) >= 11 is 4.97. The standard InChI is InChI=1S/C7H12N2S/c1-5-4-7(2,3)9-6(10)8-5/h4H,1-3H3,(H2,8,9,10). The summed E-state index contributed by atoms with van der Waals surface area (Å²) in [6.07, 6.45) is 2.11. The summed E-state index contributed by atoms with van der Waals surface area (Å²) in [5.74, 6) is 0. The van der Waals surface area contributed by atoms with Gasteiger partial charge in [-0.25, -0.2) is 0 Å². The van der Waals surface area contributed by atoms with Gasteiger partial charge in [-0.05, 0) is 39.1 Å². The van der Waals surface area contributed by atoms with Crippen LogP contribution in [0, 0.1) is 0 Å². The lowest BCUT2D eigenvalue weighted by Crippen LogP contribution is -2.50. The first-order valence-electron chi connectivity index (χ1n) is 3.28. The first kappa shape index (κ1) is 7.54. The molecule has 0 atom stereocenters. The van der Waals surface area contributed by atoms with Crippen LogP contribution in [0.2, 0.25) is 0 Å². The zero-order valence-electron chi connectivity index (χ0n) is 6.49. The Bertz CT molecular complexity index is 194. The molecule has 0 unspecified atom stereocenters. The molecule has 2 N–H and O–H groups in total. The summed E-state index contributed by atoms with van der Waals surface area (Å²) in [6, 6.07) is 0. The number of hydrogen-bond donors (Lipinski definition) is 2. The highest BCUT2D eigenvalue weighted by atomic mass is 32.1. The minimum Gasteiger partial charge on any atom is -0.354 e. The van der Waals surface area contributed by atoms with Gasteiger partial charge in [0.2, 0.25) is 0 Å². The van der Waals surface area contributed by atoms with E-state index < -0.39 is 0 Å². The van der Waals surface area contributed by atoms with E-state index in [4.69, 9.17) is 12.2 Å². The average Bonchev–Trinajstić information content (AvgIpc) is 1.54. The van der Waals surface area contributed by atoms with Crippen molar-refractivity contribution in [2.24, 2.45) is 0 Å². The maximum atomic E-state index is 4.97. The lowest BCUT2D eigenvalue weighted by Gasteiger charge is -2.30. The smallest absolute Gasteiger partial charge is 0.171 e. The molecule has 0 spiro atoms. The van der Waals surface area contributed by atoms with Crippen LogP contribution in [-0.2, 0) is 0 Å². The minimum absolute atomic E-state index is 0.00637. The van der Waals surface area contributed by atoms with E-state index in [2.05, 4.69) is 30.6 Å². The molecule has 0 saturated carbocycles. The Balaban J connectivity index is 2.83. The van der Waals surface area contributed by atoms with Crippen molar-refractivity contribution in [1.82, 2.24) is 10.6 Å². The van der Waals surface area contributed by atoms with E-state index in [9.17, 15) is 0 Å². The molecule has 1 aliphatic heterocycles. The maximum Gasteiger partial charge on any atom is 0.171 e. The van der Waals surface area contributed by atoms with Gasteiger partial charge in [0, 0.05) is 5.70 Å². The van der Waals surface area contributed by atoms with Crippen molar-refractivity contribution in [3.05, 3.63) is 11.8 Å². The lowest BCUT2D eigenvalue weighted by atomic mass is 10.0. The second kappa shape index (κ2) is 2.23. The van der Waals surface area contributed by atoms with E-state index in [1.807, 2.05) is 6.92 Å². The molecule has 3 heteroatoms. The van der Waals surface area contributed by atoms with Crippen molar-refractivity contribution in [1.29, 1.82) is 0 Å². The third kappa shape index (κ3) is 1.70. The fourth-order valence-corrected chi connectivity index (χ4v) is 1.54. The van der Waals surface area contributed by atoms with Gasteiger partial charge in [0.05, 0.1) is 5.54 Å². The summed E-state index contributed by atoms with van der Waals surface area (Å²) in [6.45, 7) is 6.18. The first-order valence-corrected chi connectivity index (χ1v) is 3.69. The molecule has 0 aromatic carbocycles. The Morgan fingerprint density at radius 3 is 2.50 bits per heavy atom. The summed E-state index contributed by atoms with van der Waals surface area (Å²) in [5, 5.41) is 6.86.